The molecule has 1 atom stereocenters. The molecule has 2 aliphatic heterocycles. The number of likely N-dealkylation sites (N-methyl/N-ethyl adjacent to an activating group) is 1. The molecule has 1 unspecified atom stereocenters. The molecule has 29 heavy (non-hydrogen) atoms. The van der Waals surface area contributed by atoms with E-state index in [2.05, 4.69) is 4.90 Å². The van der Waals surface area contributed by atoms with Crippen LogP contribution in [0.2, 0.25) is 0 Å². The summed E-state index contributed by atoms with van der Waals surface area (Å²) < 4.78 is 42.0. The zero-order valence-corrected chi connectivity index (χ0v) is 18.0. The van der Waals surface area contributed by atoms with Crippen LogP contribution in [0.4, 0.5) is 4.39 Å². The highest BCUT2D eigenvalue weighted by Crippen LogP contribution is 2.50. The number of benzene rings is 1. The van der Waals surface area contributed by atoms with Crippen molar-refractivity contribution in [2.45, 2.75) is 37.5 Å². The number of nitrogens with zero attached hydrogens (tertiary/aromatic N) is 3. The van der Waals surface area contributed by atoms with Gasteiger partial charge in [-0.1, -0.05) is 18.9 Å². The van der Waals surface area contributed by atoms with E-state index >= 15 is 0 Å². The summed E-state index contributed by atoms with van der Waals surface area (Å²) in [7, 11) is -1.79. The van der Waals surface area contributed by atoms with Crippen molar-refractivity contribution in [1.29, 1.82) is 0 Å². The predicted octanol–water partition coefficient (Wildman–Crippen LogP) is 2.09. The maximum Gasteiger partial charge on any atom is 0.243 e. The first kappa shape index (κ1) is 20.8. The van der Waals surface area contributed by atoms with Gasteiger partial charge in [-0.25, -0.2) is 12.8 Å². The first-order chi connectivity index (χ1) is 13.7. The molecule has 1 saturated carbocycles. The molecule has 1 aliphatic carbocycles. The van der Waals surface area contributed by atoms with E-state index in [1.54, 1.807) is 6.92 Å². The van der Waals surface area contributed by atoms with Crippen LogP contribution in [0, 0.1) is 24.1 Å². The molecule has 6 nitrogen and oxygen atoms in total. The number of hydrogen-bond donors (Lipinski definition) is 0. The first-order valence-electron chi connectivity index (χ1n) is 10.5. The van der Waals surface area contributed by atoms with Gasteiger partial charge in [0, 0.05) is 39.3 Å². The zero-order chi connectivity index (χ0) is 20.8. The topological polar surface area (TPSA) is 60.9 Å². The van der Waals surface area contributed by atoms with E-state index < -0.39 is 15.8 Å². The summed E-state index contributed by atoms with van der Waals surface area (Å²) in [5.74, 6) is -0.739. The Balaban J connectivity index is 1.60. The van der Waals surface area contributed by atoms with Crippen molar-refractivity contribution >= 4 is 15.9 Å². The Morgan fingerprint density at radius 1 is 1.14 bits per heavy atom. The number of carbonyl (C=O) groups is 1. The number of rotatable bonds is 3. The Hall–Kier alpha value is -1.51. The Bertz CT molecular complexity index is 890. The van der Waals surface area contributed by atoms with Crippen molar-refractivity contribution in [1.82, 2.24) is 14.1 Å². The van der Waals surface area contributed by atoms with Crippen LogP contribution in [-0.4, -0.2) is 74.7 Å². The summed E-state index contributed by atoms with van der Waals surface area (Å²) in [6.45, 7) is 5.24. The molecule has 160 valence electrons. The maximum absolute atomic E-state index is 14.0. The second-order valence-electron chi connectivity index (χ2n) is 8.96. The molecule has 8 heteroatoms. The number of amides is 1. The van der Waals surface area contributed by atoms with Crippen molar-refractivity contribution in [2.75, 3.05) is 46.3 Å². The van der Waals surface area contributed by atoms with Gasteiger partial charge >= 0.3 is 0 Å². The molecule has 3 aliphatic rings. The molecular weight excluding hydrogens is 393 g/mol. The lowest BCUT2D eigenvalue weighted by molar-refractivity contribution is -0.139. The summed E-state index contributed by atoms with van der Waals surface area (Å²) in [5, 5.41) is 0. The van der Waals surface area contributed by atoms with Crippen LogP contribution in [0.15, 0.2) is 23.1 Å². The summed E-state index contributed by atoms with van der Waals surface area (Å²) in [6.07, 6.45) is 3.82. The Labute approximate surface area is 172 Å². The van der Waals surface area contributed by atoms with Crippen molar-refractivity contribution in [3.05, 3.63) is 29.6 Å². The largest absolute Gasteiger partial charge is 0.340 e. The number of carbonyl (C=O) groups excluding carboxylic acids is 1. The lowest BCUT2D eigenvalue weighted by atomic mass is 9.76. The molecule has 2 saturated heterocycles. The fourth-order valence-corrected chi connectivity index (χ4v) is 6.73. The summed E-state index contributed by atoms with van der Waals surface area (Å²) in [4.78, 5) is 17.5. The second-order valence-corrected chi connectivity index (χ2v) is 10.9. The van der Waals surface area contributed by atoms with Gasteiger partial charge in [-0.2, -0.15) is 4.31 Å². The van der Waals surface area contributed by atoms with Gasteiger partial charge in [0.05, 0.1) is 10.8 Å². The van der Waals surface area contributed by atoms with Crippen LogP contribution in [0.25, 0.3) is 0 Å². The lowest BCUT2D eigenvalue weighted by Gasteiger charge is -2.37. The van der Waals surface area contributed by atoms with E-state index in [0.29, 0.717) is 25.2 Å². The monoisotopic (exact) mass is 423 g/mol. The Kier molecular flexibility index (Phi) is 5.46. The highest BCUT2D eigenvalue weighted by Gasteiger charge is 2.54. The molecular formula is C21H30FN3O3S. The minimum absolute atomic E-state index is 0.0264. The fourth-order valence-electron chi connectivity index (χ4n) is 5.16. The van der Waals surface area contributed by atoms with Crippen molar-refractivity contribution in [2.24, 2.45) is 11.3 Å². The van der Waals surface area contributed by atoms with Crippen LogP contribution < -0.4 is 0 Å². The molecule has 1 aromatic rings. The third kappa shape index (κ3) is 3.70. The molecule has 3 fully saturated rings. The number of hydrogen-bond acceptors (Lipinski definition) is 4. The minimum Gasteiger partial charge on any atom is -0.340 e. The van der Waals surface area contributed by atoms with Gasteiger partial charge in [0.2, 0.25) is 15.9 Å². The van der Waals surface area contributed by atoms with E-state index in [0.717, 1.165) is 44.8 Å². The van der Waals surface area contributed by atoms with Gasteiger partial charge in [-0.15, -0.1) is 0 Å². The maximum atomic E-state index is 14.0. The molecule has 0 bridgehead atoms. The fraction of sp³-hybridized carbons (Fsp3) is 0.667. The summed E-state index contributed by atoms with van der Waals surface area (Å²) in [6, 6.07) is 4.06. The van der Waals surface area contributed by atoms with Crippen LogP contribution in [0.5, 0.6) is 0 Å². The number of piperazine rings is 1. The van der Waals surface area contributed by atoms with Gasteiger partial charge in [0.1, 0.15) is 5.82 Å². The quantitative estimate of drug-likeness (QED) is 0.747. The molecule has 1 aromatic carbocycles. The third-order valence-electron chi connectivity index (χ3n) is 7.11. The third-order valence-corrected chi connectivity index (χ3v) is 8.92. The van der Waals surface area contributed by atoms with Gasteiger partial charge in [0.25, 0.3) is 0 Å². The standard InChI is InChI=1S/C21H30FN3O3S/c1-16-5-6-17(13-19(16)22)29(27,28)25-14-18(21(15-25)7-3-4-8-21)20(26)24-11-9-23(2)10-12-24/h5-6,13,18H,3-4,7-12,14-15H2,1-2H3. The molecule has 0 radical (unpaired) electrons. The van der Waals surface area contributed by atoms with Gasteiger partial charge in [-0.05, 0) is 49.9 Å². The molecule has 0 N–H and O–H groups in total. The van der Waals surface area contributed by atoms with Gasteiger partial charge in [0.15, 0.2) is 0 Å². The average Bonchev–Trinajstić information content (AvgIpc) is 3.32. The van der Waals surface area contributed by atoms with Crippen molar-refractivity contribution < 1.29 is 17.6 Å². The number of halogens is 1. The molecule has 0 aromatic heterocycles. The highest BCUT2D eigenvalue weighted by atomic mass is 32.2. The average molecular weight is 424 g/mol. The summed E-state index contributed by atoms with van der Waals surface area (Å²) in [5.41, 5.74) is 0.136. The van der Waals surface area contributed by atoms with E-state index in [-0.39, 0.29) is 28.7 Å². The van der Waals surface area contributed by atoms with Crippen molar-refractivity contribution in [3.63, 3.8) is 0 Å². The Morgan fingerprint density at radius 3 is 2.41 bits per heavy atom. The van der Waals surface area contributed by atoms with Crippen LogP contribution >= 0.6 is 0 Å². The first-order valence-corrected chi connectivity index (χ1v) is 11.9. The molecule has 1 amide bonds. The van der Waals surface area contributed by atoms with E-state index in [1.165, 1.54) is 16.4 Å². The predicted molar refractivity (Wildman–Crippen MR) is 108 cm³/mol. The number of aryl methyl sites for hydroxylation is 1. The zero-order valence-electron chi connectivity index (χ0n) is 17.2. The van der Waals surface area contributed by atoms with Crippen molar-refractivity contribution in [3.8, 4) is 0 Å². The van der Waals surface area contributed by atoms with E-state index in [9.17, 15) is 17.6 Å². The van der Waals surface area contributed by atoms with Crippen LogP contribution in [0.3, 0.4) is 0 Å². The minimum atomic E-state index is -3.83. The van der Waals surface area contributed by atoms with E-state index in [4.69, 9.17) is 0 Å². The lowest BCUT2D eigenvalue weighted by Crippen LogP contribution is -2.51. The second kappa shape index (κ2) is 7.63. The number of sulfonamides is 1. The SMILES string of the molecule is Cc1ccc(S(=O)(=O)N2CC(C(=O)N3CCN(C)CC3)C3(CCCC3)C2)cc1F. The highest BCUT2D eigenvalue weighted by molar-refractivity contribution is 7.89. The normalized spacial score (nSPS) is 25.8. The van der Waals surface area contributed by atoms with Gasteiger partial charge in [-0.3, -0.25) is 4.79 Å². The van der Waals surface area contributed by atoms with Crippen LogP contribution in [-0.2, 0) is 14.8 Å². The Morgan fingerprint density at radius 2 is 1.79 bits per heavy atom. The van der Waals surface area contributed by atoms with E-state index in [1.807, 2.05) is 11.9 Å². The molecule has 4 rings (SSSR count). The van der Waals surface area contributed by atoms with Gasteiger partial charge < -0.3 is 9.80 Å². The summed E-state index contributed by atoms with van der Waals surface area (Å²) >= 11 is 0. The molecule has 1 spiro atoms. The smallest absolute Gasteiger partial charge is 0.243 e. The molecule has 2 heterocycles. The van der Waals surface area contributed by atoms with Crippen LogP contribution in [0.1, 0.15) is 31.2 Å².